The van der Waals surface area contributed by atoms with E-state index in [2.05, 4.69) is 22.9 Å². The van der Waals surface area contributed by atoms with Gasteiger partial charge in [0.25, 0.3) is 5.91 Å². The Labute approximate surface area is 126 Å². The van der Waals surface area contributed by atoms with Gasteiger partial charge in [0, 0.05) is 17.9 Å². The number of benzene rings is 1. The van der Waals surface area contributed by atoms with Crippen molar-refractivity contribution in [2.75, 3.05) is 13.1 Å². The summed E-state index contributed by atoms with van der Waals surface area (Å²) in [5, 5.41) is -0.00480. The van der Waals surface area contributed by atoms with Crippen LogP contribution < -0.4 is 0 Å². The van der Waals surface area contributed by atoms with E-state index in [9.17, 15) is 9.18 Å². The molecule has 1 heterocycles. The van der Waals surface area contributed by atoms with Crippen molar-refractivity contribution >= 4 is 33.4 Å². The number of hydrogen-bond acceptors (Lipinski definition) is 1. The quantitative estimate of drug-likeness (QED) is 0.736. The summed E-state index contributed by atoms with van der Waals surface area (Å²) in [7, 11) is 0. The fourth-order valence-electron chi connectivity index (χ4n) is 2.40. The molecule has 0 N–H and O–H groups in total. The number of hydrogen-bond donors (Lipinski definition) is 0. The molecule has 1 aliphatic rings. The predicted octanol–water partition coefficient (Wildman–Crippen LogP) is 4.11. The summed E-state index contributed by atoms with van der Waals surface area (Å²) in [5.41, 5.74) is 0.0674. The second-order valence-electron chi connectivity index (χ2n) is 4.91. The molecule has 19 heavy (non-hydrogen) atoms. The van der Waals surface area contributed by atoms with Gasteiger partial charge in [0.1, 0.15) is 0 Å². The van der Waals surface area contributed by atoms with Gasteiger partial charge in [0.15, 0.2) is 5.82 Å². The maximum absolute atomic E-state index is 13.8. The predicted molar refractivity (Wildman–Crippen MR) is 78.4 cm³/mol. The third-order valence-electron chi connectivity index (χ3n) is 3.66. The lowest BCUT2D eigenvalue weighted by Gasteiger charge is -2.33. The van der Waals surface area contributed by atoms with E-state index in [0.717, 1.165) is 12.8 Å². The van der Waals surface area contributed by atoms with Crippen LogP contribution in [0.4, 0.5) is 4.39 Å². The summed E-state index contributed by atoms with van der Waals surface area (Å²) in [6.07, 6.45) is 1.89. The van der Waals surface area contributed by atoms with E-state index in [1.165, 1.54) is 12.1 Å². The SMILES string of the molecule is CC(Br)C1CCN(C(=O)c2cccc(Cl)c2F)CC1. The van der Waals surface area contributed by atoms with Crippen molar-refractivity contribution in [3.05, 3.63) is 34.6 Å². The van der Waals surface area contributed by atoms with Gasteiger partial charge in [-0.3, -0.25) is 4.79 Å². The lowest BCUT2D eigenvalue weighted by Crippen LogP contribution is -2.40. The zero-order chi connectivity index (χ0) is 14.0. The first kappa shape index (κ1) is 14.8. The van der Waals surface area contributed by atoms with Gasteiger partial charge < -0.3 is 4.90 Å². The smallest absolute Gasteiger partial charge is 0.256 e. The number of alkyl halides is 1. The minimum atomic E-state index is -0.620. The van der Waals surface area contributed by atoms with Crippen LogP contribution in [-0.4, -0.2) is 28.7 Å². The zero-order valence-corrected chi connectivity index (χ0v) is 13.0. The second-order valence-corrected chi connectivity index (χ2v) is 6.76. The molecule has 1 fully saturated rings. The molecule has 1 amide bonds. The largest absolute Gasteiger partial charge is 0.339 e. The average Bonchev–Trinajstić information content (AvgIpc) is 2.41. The van der Waals surface area contributed by atoms with Gasteiger partial charge in [-0.1, -0.05) is 40.5 Å². The van der Waals surface area contributed by atoms with Crippen molar-refractivity contribution in [3.8, 4) is 0 Å². The van der Waals surface area contributed by atoms with Crippen molar-refractivity contribution in [3.63, 3.8) is 0 Å². The highest BCUT2D eigenvalue weighted by atomic mass is 79.9. The summed E-state index contributed by atoms with van der Waals surface area (Å²) in [4.78, 5) is 14.4. The number of likely N-dealkylation sites (tertiary alicyclic amines) is 1. The van der Waals surface area contributed by atoms with Gasteiger partial charge in [-0.25, -0.2) is 4.39 Å². The van der Waals surface area contributed by atoms with Crippen LogP contribution in [0.1, 0.15) is 30.1 Å². The molecular weight excluding hydrogens is 333 g/mol. The molecule has 1 atom stereocenters. The van der Waals surface area contributed by atoms with Gasteiger partial charge in [-0.05, 0) is 30.9 Å². The second kappa shape index (κ2) is 6.23. The monoisotopic (exact) mass is 347 g/mol. The summed E-state index contributed by atoms with van der Waals surface area (Å²) in [6.45, 7) is 3.47. The van der Waals surface area contributed by atoms with Crippen molar-refractivity contribution in [2.24, 2.45) is 5.92 Å². The lowest BCUT2D eigenvalue weighted by atomic mass is 9.94. The Morgan fingerprint density at radius 3 is 2.68 bits per heavy atom. The van der Waals surface area contributed by atoms with E-state index in [1.54, 1.807) is 11.0 Å². The number of rotatable bonds is 2. The first-order valence-electron chi connectivity index (χ1n) is 6.38. The molecule has 1 aromatic carbocycles. The molecule has 0 saturated carbocycles. The Morgan fingerprint density at radius 1 is 1.47 bits per heavy atom. The molecule has 1 saturated heterocycles. The normalized spacial score (nSPS) is 18.4. The molecule has 0 aromatic heterocycles. The minimum absolute atomic E-state index is 0.00480. The number of carbonyl (C=O) groups is 1. The fourth-order valence-corrected chi connectivity index (χ4v) is 3.10. The van der Waals surface area contributed by atoms with Crippen molar-refractivity contribution in [1.82, 2.24) is 4.90 Å². The molecule has 1 unspecified atom stereocenters. The number of piperidine rings is 1. The molecule has 104 valence electrons. The summed E-state index contributed by atoms with van der Waals surface area (Å²) >= 11 is 9.29. The molecule has 1 aliphatic heterocycles. The van der Waals surface area contributed by atoms with Crippen LogP contribution in [0.3, 0.4) is 0 Å². The van der Waals surface area contributed by atoms with Crippen LogP contribution >= 0.6 is 27.5 Å². The first-order chi connectivity index (χ1) is 9.00. The minimum Gasteiger partial charge on any atom is -0.339 e. The number of amides is 1. The Morgan fingerprint density at radius 2 is 2.11 bits per heavy atom. The fraction of sp³-hybridized carbons (Fsp3) is 0.500. The van der Waals surface area contributed by atoms with E-state index in [4.69, 9.17) is 11.6 Å². The van der Waals surface area contributed by atoms with E-state index in [1.807, 2.05) is 0 Å². The Balaban J connectivity index is 2.07. The third-order valence-corrected chi connectivity index (χ3v) is 4.70. The topological polar surface area (TPSA) is 20.3 Å². The van der Waals surface area contributed by atoms with Gasteiger partial charge >= 0.3 is 0 Å². The Kier molecular flexibility index (Phi) is 4.85. The first-order valence-corrected chi connectivity index (χ1v) is 7.67. The van der Waals surface area contributed by atoms with Crippen LogP contribution in [0.25, 0.3) is 0 Å². The summed E-state index contributed by atoms with van der Waals surface area (Å²) < 4.78 is 13.8. The molecule has 0 aliphatic carbocycles. The van der Waals surface area contributed by atoms with Gasteiger partial charge in [-0.15, -0.1) is 0 Å². The van der Waals surface area contributed by atoms with E-state index in [0.29, 0.717) is 23.8 Å². The molecule has 2 rings (SSSR count). The van der Waals surface area contributed by atoms with Gasteiger partial charge in [0.2, 0.25) is 0 Å². The molecule has 1 aromatic rings. The molecule has 0 bridgehead atoms. The number of carbonyl (C=O) groups excluding carboxylic acids is 1. The Hall–Kier alpha value is -0.610. The highest BCUT2D eigenvalue weighted by Gasteiger charge is 2.27. The maximum Gasteiger partial charge on any atom is 0.256 e. The highest BCUT2D eigenvalue weighted by molar-refractivity contribution is 9.09. The van der Waals surface area contributed by atoms with Crippen LogP contribution in [0, 0.1) is 11.7 Å². The Bertz CT molecular complexity index is 473. The molecule has 0 radical (unpaired) electrons. The van der Waals surface area contributed by atoms with Crippen LogP contribution in [0.15, 0.2) is 18.2 Å². The van der Waals surface area contributed by atoms with Gasteiger partial charge in [0.05, 0.1) is 10.6 Å². The average molecular weight is 349 g/mol. The molecule has 0 spiro atoms. The van der Waals surface area contributed by atoms with Crippen LogP contribution in [0.5, 0.6) is 0 Å². The zero-order valence-electron chi connectivity index (χ0n) is 10.7. The summed E-state index contributed by atoms with van der Waals surface area (Å²) in [5.74, 6) is -0.306. The van der Waals surface area contributed by atoms with E-state index < -0.39 is 5.82 Å². The lowest BCUT2D eigenvalue weighted by molar-refractivity contribution is 0.0687. The van der Waals surface area contributed by atoms with Crippen molar-refractivity contribution < 1.29 is 9.18 Å². The van der Waals surface area contributed by atoms with Gasteiger partial charge in [-0.2, -0.15) is 0 Å². The standard InChI is InChI=1S/C14H16BrClFNO/c1-9(15)10-5-7-18(8-6-10)14(19)11-3-2-4-12(16)13(11)17/h2-4,9-10H,5-8H2,1H3. The molecular formula is C14H16BrClFNO. The number of nitrogens with zero attached hydrogens (tertiary/aromatic N) is 1. The van der Waals surface area contributed by atoms with Crippen LogP contribution in [-0.2, 0) is 0 Å². The highest BCUT2D eigenvalue weighted by Crippen LogP contribution is 2.27. The van der Waals surface area contributed by atoms with Crippen LogP contribution in [0.2, 0.25) is 5.02 Å². The third kappa shape index (κ3) is 3.29. The molecule has 2 nitrogen and oxygen atoms in total. The van der Waals surface area contributed by atoms with E-state index >= 15 is 0 Å². The summed E-state index contributed by atoms with van der Waals surface area (Å²) in [6, 6.07) is 4.54. The van der Waals surface area contributed by atoms with Crippen molar-refractivity contribution in [2.45, 2.75) is 24.6 Å². The number of halogens is 3. The van der Waals surface area contributed by atoms with Crippen molar-refractivity contribution in [1.29, 1.82) is 0 Å². The maximum atomic E-state index is 13.8. The van der Waals surface area contributed by atoms with E-state index in [-0.39, 0.29) is 16.5 Å². The molecule has 5 heteroatoms.